The van der Waals surface area contributed by atoms with Crippen molar-refractivity contribution in [2.45, 2.75) is 6.42 Å². The summed E-state index contributed by atoms with van der Waals surface area (Å²) in [7, 11) is 0. The monoisotopic (exact) mass is 275 g/mol. The minimum absolute atomic E-state index is 0.150. The van der Waals surface area contributed by atoms with Crippen molar-refractivity contribution in [3.63, 3.8) is 0 Å². The maximum Gasteiger partial charge on any atom is 0.171 e. The molecule has 0 unspecified atom stereocenters. The molecular formula is C8H6INO2. The van der Waals surface area contributed by atoms with Crippen LogP contribution in [0.3, 0.4) is 0 Å². The predicted octanol–water partition coefficient (Wildman–Crippen LogP) is 1.77. The van der Waals surface area contributed by atoms with E-state index < -0.39 is 0 Å². The Morgan fingerprint density at radius 1 is 1.42 bits per heavy atom. The van der Waals surface area contributed by atoms with Crippen molar-refractivity contribution in [1.82, 2.24) is 0 Å². The third kappa shape index (κ3) is 1.61. The fourth-order valence-electron chi connectivity index (χ4n) is 0.818. The van der Waals surface area contributed by atoms with Crippen LogP contribution in [0.1, 0.15) is 5.56 Å². The van der Waals surface area contributed by atoms with Crippen molar-refractivity contribution >= 4 is 22.6 Å². The van der Waals surface area contributed by atoms with Gasteiger partial charge in [-0.2, -0.15) is 5.26 Å². The molecule has 1 rings (SSSR count). The highest BCUT2D eigenvalue weighted by molar-refractivity contribution is 14.1. The standard InChI is InChI=1S/C8H6INO2/c9-7-5(3-4-10)1-2-6(11)8(7)12/h1-2,11-12H,3H2. The number of hydrogen-bond acceptors (Lipinski definition) is 3. The Bertz CT molecular complexity index is 344. The van der Waals surface area contributed by atoms with E-state index in [1.807, 2.05) is 28.7 Å². The molecule has 0 amide bonds. The summed E-state index contributed by atoms with van der Waals surface area (Å²) in [5.41, 5.74) is 0.730. The molecule has 0 saturated heterocycles. The third-order valence-corrected chi connectivity index (χ3v) is 2.65. The van der Waals surface area contributed by atoms with Crippen LogP contribution in [0, 0.1) is 14.9 Å². The first-order chi connectivity index (χ1) is 5.66. The number of nitrogens with zero attached hydrogens (tertiary/aromatic N) is 1. The topological polar surface area (TPSA) is 64.2 Å². The lowest BCUT2D eigenvalue weighted by Gasteiger charge is -2.03. The van der Waals surface area contributed by atoms with E-state index in [-0.39, 0.29) is 17.9 Å². The molecule has 0 atom stereocenters. The van der Waals surface area contributed by atoms with E-state index >= 15 is 0 Å². The van der Waals surface area contributed by atoms with Crippen LogP contribution in [-0.2, 0) is 6.42 Å². The first-order valence-electron chi connectivity index (χ1n) is 3.23. The molecular weight excluding hydrogens is 269 g/mol. The van der Waals surface area contributed by atoms with E-state index in [0.717, 1.165) is 5.56 Å². The van der Waals surface area contributed by atoms with Gasteiger partial charge in [-0.05, 0) is 34.2 Å². The van der Waals surface area contributed by atoms with Crippen LogP contribution in [0.2, 0.25) is 0 Å². The maximum atomic E-state index is 9.25. The number of halogens is 1. The minimum atomic E-state index is -0.152. The predicted molar refractivity (Wildman–Crippen MR) is 51.8 cm³/mol. The Morgan fingerprint density at radius 2 is 2.08 bits per heavy atom. The number of phenolic OH excluding ortho intramolecular Hbond substituents is 2. The van der Waals surface area contributed by atoms with Crippen molar-refractivity contribution in [3.8, 4) is 17.6 Å². The Labute approximate surface area is 83.4 Å². The summed E-state index contributed by atoms with van der Waals surface area (Å²) in [6.45, 7) is 0. The molecule has 12 heavy (non-hydrogen) atoms. The van der Waals surface area contributed by atoms with Gasteiger partial charge in [-0.1, -0.05) is 6.07 Å². The van der Waals surface area contributed by atoms with Crippen LogP contribution in [0.25, 0.3) is 0 Å². The van der Waals surface area contributed by atoms with Crippen molar-refractivity contribution in [1.29, 1.82) is 5.26 Å². The van der Waals surface area contributed by atoms with Gasteiger partial charge in [-0.3, -0.25) is 0 Å². The zero-order valence-corrected chi connectivity index (χ0v) is 8.24. The molecule has 2 N–H and O–H groups in total. The van der Waals surface area contributed by atoms with Gasteiger partial charge in [0.25, 0.3) is 0 Å². The second kappa shape index (κ2) is 3.63. The van der Waals surface area contributed by atoms with Gasteiger partial charge in [0.1, 0.15) is 0 Å². The lowest BCUT2D eigenvalue weighted by Crippen LogP contribution is -1.87. The van der Waals surface area contributed by atoms with Crippen molar-refractivity contribution in [3.05, 3.63) is 21.3 Å². The summed E-state index contributed by atoms with van der Waals surface area (Å²) in [4.78, 5) is 0. The summed E-state index contributed by atoms with van der Waals surface area (Å²) >= 11 is 1.89. The quantitative estimate of drug-likeness (QED) is 0.606. The maximum absolute atomic E-state index is 9.25. The summed E-state index contributed by atoms with van der Waals surface area (Å²) in [5.74, 6) is -0.301. The number of benzene rings is 1. The number of aromatic hydroxyl groups is 2. The molecule has 4 heteroatoms. The number of hydrogen-bond donors (Lipinski definition) is 2. The number of rotatable bonds is 1. The number of phenols is 2. The summed E-state index contributed by atoms with van der Waals surface area (Å²) in [6, 6.07) is 4.98. The van der Waals surface area contributed by atoms with Crippen LogP contribution in [0.5, 0.6) is 11.5 Å². The van der Waals surface area contributed by atoms with Crippen molar-refractivity contribution in [2.24, 2.45) is 0 Å². The second-order valence-electron chi connectivity index (χ2n) is 2.24. The van der Waals surface area contributed by atoms with E-state index in [0.29, 0.717) is 3.57 Å². The van der Waals surface area contributed by atoms with Gasteiger partial charge in [0.2, 0.25) is 0 Å². The molecule has 1 aromatic rings. The highest BCUT2D eigenvalue weighted by Gasteiger charge is 2.08. The lowest BCUT2D eigenvalue weighted by molar-refractivity contribution is 0.400. The summed E-state index contributed by atoms with van der Waals surface area (Å²) < 4.78 is 0.536. The summed E-state index contributed by atoms with van der Waals surface area (Å²) in [5, 5.41) is 26.7. The normalized spacial score (nSPS) is 9.33. The van der Waals surface area contributed by atoms with Crippen molar-refractivity contribution < 1.29 is 10.2 Å². The first kappa shape index (κ1) is 9.13. The number of nitriles is 1. The van der Waals surface area contributed by atoms with Crippen LogP contribution >= 0.6 is 22.6 Å². The molecule has 0 aliphatic heterocycles. The Hall–Kier alpha value is -0.960. The molecule has 0 aromatic heterocycles. The SMILES string of the molecule is N#CCc1ccc(O)c(O)c1I. The summed E-state index contributed by atoms with van der Waals surface area (Å²) in [6.07, 6.45) is 0.242. The molecule has 0 aliphatic carbocycles. The average molecular weight is 275 g/mol. The molecule has 0 saturated carbocycles. The van der Waals surface area contributed by atoms with Crippen LogP contribution in [-0.4, -0.2) is 10.2 Å². The van der Waals surface area contributed by atoms with Gasteiger partial charge in [0.15, 0.2) is 11.5 Å². The third-order valence-electron chi connectivity index (χ3n) is 1.44. The smallest absolute Gasteiger partial charge is 0.171 e. The zero-order chi connectivity index (χ0) is 9.14. The largest absolute Gasteiger partial charge is 0.504 e. The Balaban J connectivity index is 3.19. The zero-order valence-electron chi connectivity index (χ0n) is 6.08. The molecule has 0 fully saturated rings. The molecule has 0 heterocycles. The van der Waals surface area contributed by atoms with Gasteiger partial charge >= 0.3 is 0 Å². The van der Waals surface area contributed by atoms with E-state index in [1.54, 1.807) is 6.07 Å². The van der Waals surface area contributed by atoms with Gasteiger partial charge in [0, 0.05) is 0 Å². The van der Waals surface area contributed by atoms with Crippen molar-refractivity contribution in [2.75, 3.05) is 0 Å². The van der Waals surface area contributed by atoms with E-state index in [2.05, 4.69) is 0 Å². The van der Waals surface area contributed by atoms with Crippen LogP contribution < -0.4 is 0 Å². The van der Waals surface area contributed by atoms with Gasteiger partial charge < -0.3 is 10.2 Å². The van der Waals surface area contributed by atoms with Gasteiger partial charge in [0.05, 0.1) is 16.1 Å². The fourth-order valence-corrected chi connectivity index (χ4v) is 1.46. The molecule has 3 nitrogen and oxygen atoms in total. The first-order valence-corrected chi connectivity index (χ1v) is 4.31. The highest BCUT2D eigenvalue weighted by Crippen LogP contribution is 2.32. The average Bonchev–Trinajstić information content (AvgIpc) is 2.07. The fraction of sp³-hybridized carbons (Fsp3) is 0.125. The Kier molecular flexibility index (Phi) is 2.76. The molecule has 0 spiro atoms. The minimum Gasteiger partial charge on any atom is -0.504 e. The second-order valence-corrected chi connectivity index (χ2v) is 3.32. The molecule has 62 valence electrons. The van der Waals surface area contributed by atoms with Gasteiger partial charge in [-0.15, -0.1) is 0 Å². The van der Waals surface area contributed by atoms with E-state index in [1.165, 1.54) is 6.07 Å². The van der Waals surface area contributed by atoms with Crippen LogP contribution in [0.4, 0.5) is 0 Å². The molecule has 0 aliphatic rings. The van der Waals surface area contributed by atoms with E-state index in [4.69, 9.17) is 10.4 Å². The Morgan fingerprint density at radius 3 is 2.67 bits per heavy atom. The molecule has 0 radical (unpaired) electrons. The molecule has 1 aromatic carbocycles. The highest BCUT2D eigenvalue weighted by atomic mass is 127. The van der Waals surface area contributed by atoms with Crippen LogP contribution in [0.15, 0.2) is 12.1 Å². The van der Waals surface area contributed by atoms with Gasteiger partial charge in [-0.25, -0.2) is 0 Å². The lowest BCUT2D eigenvalue weighted by atomic mass is 10.1. The molecule has 0 bridgehead atoms. The van der Waals surface area contributed by atoms with E-state index in [9.17, 15) is 5.11 Å².